The van der Waals surface area contributed by atoms with Crippen molar-refractivity contribution in [1.82, 2.24) is 0 Å². The molecule has 0 N–H and O–H groups in total. The first-order valence-corrected chi connectivity index (χ1v) is 3.38. The lowest BCUT2D eigenvalue weighted by molar-refractivity contribution is -0.274. The van der Waals surface area contributed by atoms with Crippen LogP contribution in [0.3, 0.4) is 0 Å². The molecular weight excluding hydrogens is 202 g/mol. The van der Waals surface area contributed by atoms with E-state index in [2.05, 4.69) is 4.74 Å². The minimum atomic E-state index is -4.93. The Kier molecular flexibility index (Phi) is 2.60. The van der Waals surface area contributed by atoms with Crippen LogP contribution in [-0.4, -0.2) is 6.36 Å². The first kappa shape index (κ1) is 10.3. The number of halogens is 4. The summed E-state index contributed by atoms with van der Waals surface area (Å²) in [5.41, 5.74) is -0.759. The monoisotopic (exact) mass is 205 g/mol. The van der Waals surface area contributed by atoms with Crippen LogP contribution in [0.25, 0.3) is 0 Å². The van der Waals surface area contributed by atoms with E-state index < -0.39 is 23.5 Å². The van der Waals surface area contributed by atoms with Crippen LogP contribution >= 0.6 is 0 Å². The van der Waals surface area contributed by atoms with Gasteiger partial charge in [0.05, 0.1) is 0 Å². The second-order valence-corrected chi connectivity index (χ2v) is 2.27. The van der Waals surface area contributed by atoms with Crippen LogP contribution < -0.4 is 4.74 Å². The van der Waals surface area contributed by atoms with Gasteiger partial charge in [0.25, 0.3) is 0 Å². The van der Waals surface area contributed by atoms with Crippen molar-refractivity contribution >= 4 is 0 Å². The highest BCUT2D eigenvalue weighted by Crippen LogP contribution is 2.27. The molecule has 74 valence electrons. The smallest absolute Gasteiger partial charge is 0.404 e. The quantitative estimate of drug-likeness (QED) is 0.660. The van der Waals surface area contributed by atoms with Gasteiger partial charge in [-0.15, -0.1) is 13.2 Å². The molecule has 0 spiro atoms. The molecule has 1 rings (SSSR count). The first-order valence-electron chi connectivity index (χ1n) is 3.38. The Morgan fingerprint density at radius 1 is 1.29 bits per heavy atom. The summed E-state index contributed by atoms with van der Waals surface area (Å²) in [5, 5.41) is 8.36. The van der Waals surface area contributed by atoms with Crippen molar-refractivity contribution in [1.29, 1.82) is 5.26 Å². The number of hydrogen-bond acceptors (Lipinski definition) is 2. The lowest BCUT2D eigenvalue weighted by Gasteiger charge is -2.09. The Bertz CT molecular complexity index is 380. The van der Waals surface area contributed by atoms with Crippen LogP contribution in [0.2, 0.25) is 0 Å². The van der Waals surface area contributed by atoms with Gasteiger partial charge in [-0.3, -0.25) is 0 Å². The number of ether oxygens (including phenoxy) is 1. The van der Waals surface area contributed by atoms with Gasteiger partial charge in [0.2, 0.25) is 0 Å². The number of hydrogen-bond donors (Lipinski definition) is 0. The maximum atomic E-state index is 12.8. The van der Waals surface area contributed by atoms with Crippen molar-refractivity contribution in [2.45, 2.75) is 6.36 Å². The van der Waals surface area contributed by atoms with E-state index in [1.165, 1.54) is 6.07 Å². The van der Waals surface area contributed by atoms with Crippen molar-refractivity contribution in [2.75, 3.05) is 0 Å². The van der Waals surface area contributed by atoms with Gasteiger partial charge >= 0.3 is 6.36 Å². The Morgan fingerprint density at radius 3 is 2.43 bits per heavy atom. The summed E-state index contributed by atoms with van der Waals surface area (Å²) in [7, 11) is 0. The molecule has 14 heavy (non-hydrogen) atoms. The summed E-state index contributed by atoms with van der Waals surface area (Å²) in [6.07, 6.45) is -4.93. The summed E-state index contributed by atoms with van der Waals surface area (Å²) in [4.78, 5) is 0. The number of benzene rings is 1. The molecule has 0 aliphatic rings. The van der Waals surface area contributed by atoms with E-state index in [4.69, 9.17) is 5.26 Å². The highest BCUT2D eigenvalue weighted by molar-refractivity contribution is 5.43. The molecule has 6 heteroatoms. The van der Waals surface area contributed by atoms with E-state index in [0.717, 1.165) is 18.2 Å². The summed E-state index contributed by atoms with van der Waals surface area (Å²) < 4.78 is 51.4. The Balaban J connectivity index is 3.10. The number of alkyl halides is 3. The molecule has 0 atom stereocenters. The van der Waals surface area contributed by atoms with Crippen LogP contribution in [-0.2, 0) is 0 Å². The van der Waals surface area contributed by atoms with Gasteiger partial charge in [0, 0.05) is 0 Å². The molecule has 0 heterocycles. The molecule has 0 saturated carbocycles. The molecular formula is C8H3F4NO. The molecule has 0 radical (unpaired) electrons. The van der Waals surface area contributed by atoms with Gasteiger partial charge in [0.15, 0.2) is 0 Å². The predicted molar refractivity (Wildman–Crippen MR) is 37.8 cm³/mol. The zero-order valence-corrected chi connectivity index (χ0v) is 6.60. The van der Waals surface area contributed by atoms with Crippen molar-refractivity contribution in [2.24, 2.45) is 0 Å². The van der Waals surface area contributed by atoms with Crippen LogP contribution in [0, 0.1) is 17.1 Å². The number of nitriles is 1. The average Bonchev–Trinajstić information content (AvgIpc) is 2.01. The van der Waals surface area contributed by atoms with E-state index in [-0.39, 0.29) is 0 Å². The highest BCUT2D eigenvalue weighted by atomic mass is 19.4. The maximum Gasteiger partial charge on any atom is 0.573 e. The zero-order chi connectivity index (χ0) is 10.8. The number of nitrogens with zero attached hydrogens (tertiary/aromatic N) is 1. The van der Waals surface area contributed by atoms with Crippen LogP contribution in [0.4, 0.5) is 17.6 Å². The van der Waals surface area contributed by atoms with Crippen LogP contribution in [0.5, 0.6) is 5.75 Å². The molecule has 1 aromatic carbocycles. The van der Waals surface area contributed by atoms with E-state index in [1.54, 1.807) is 0 Å². The molecule has 0 aromatic heterocycles. The Labute approximate surface area is 76.3 Å². The third-order valence-corrected chi connectivity index (χ3v) is 1.31. The summed E-state index contributed by atoms with van der Waals surface area (Å²) in [6.45, 7) is 0. The second kappa shape index (κ2) is 3.54. The Morgan fingerprint density at radius 2 is 1.93 bits per heavy atom. The van der Waals surface area contributed by atoms with Crippen molar-refractivity contribution in [3.05, 3.63) is 29.6 Å². The normalized spacial score (nSPS) is 10.8. The minimum absolute atomic E-state index is 0.759. The second-order valence-electron chi connectivity index (χ2n) is 2.27. The molecule has 0 unspecified atom stereocenters. The van der Waals surface area contributed by atoms with Gasteiger partial charge in [0.1, 0.15) is 23.2 Å². The third-order valence-electron chi connectivity index (χ3n) is 1.31. The number of rotatable bonds is 1. The molecule has 0 amide bonds. The fraction of sp³-hybridized carbons (Fsp3) is 0.125. The standard InChI is InChI=1S/C8H3F4NO/c9-6-2-1-3-7(5(6)4-13)14-8(10,11)12/h1-3H. The van der Waals surface area contributed by atoms with Gasteiger partial charge in [-0.25, -0.2) is 4.39 Å². The SMILES string of the molecule is N#Cc1c(F)cccc1OC(F)(F)F. The molecule has 2 nitrogen and oxygen atoms in total. The van der Waals surface area contributed by atoms with Crippen LogP contribution in [0.1, 0.15) is 5.56 Å². The van der Waals surface area contributed by atoms with Crippen molar-refractivity contribution in [3.63, 3.8) is 0 Å². The molecule has 0 aliphatic carbocycles. The first-order chi connectivity index (χ1) is 6.44. The van der Waals surface area contributed by atoms with E-state index in [9.17, 15) is 17.6 Å². The van der Waals surface area contributed by atoms with Gasteiger partial charge in [-0.2, -0.15) is 5.26 Å². The van der Waals surface area contributed by atoms with E-state index >= 15 is 0 Å². The third kappa shape index (κ3) is 2.36. The lowest BCUT2D eigenvalue weighted by Crippen LogP contribution is -2.18. The summed E-state index contributed by atoms with van der Waals surface area (Å²) in [6, 6.07) is 4.06. The molecule has 0 aliphatic heterocycles. The minimum Gasteiger partial charge on any atom is -0.404 e. The predicted octanol–water partition coefficient (Wildman–Crippen LogP) is 2.60. The topological polar surface area (TPSA) is 33.0 Å². The van der Waals surface area contributed by atoms with Crippen molar-refractivity contribution < 1.29 is 22.3 Å². The maximum absolute atomic E-state index is 12.8. The molecule has 0 fully saturated rings. The largest absolute Gasteiger partial charge is 0.573 e. The fourth-order valence-corrected chi connectivity index (χ4v) is 0.823. The van der Waals surface area contributed by atoms with Gasteiger partial charge < -0.3 is 4.74 Å². The average molecular weight is 205 g/mol. The van der Waals surface area contributed by atoms with Gasteiger partial charge in [-0.05, 0) is 12.1 Å². The van der Waals surface area contributed by atoms with Crippen molar-refractivity contribution in [3.8, 4) is 11.8 Å². The van der Waals surface area contributed by atoms with Gasteiger partial charge in [-0.1, -0.05) is 6.07 Å². The highest BCUT2D eigenvalue weighted by Gasteiger charge is 2.32. The zero-order valence-electron chi connectivity index (χ0n) is 6.60. The molecule has 0 bridgehead atoms. The van der Waals surface area contributed by atoms with E-state index in [0.29, 0.717) is 0 Å². The summed E-state index contributed by atoms with van der Waals surface area (Å²) >= 11 is 0. The molecule has 0 saturated heterocycles. The summed E-state index contributed by atoms with van der Waals surface area (Å²) in [5.74, 6) is -1.88. The van der Waals surface area contributed by atoms with E-state index in [1.807, 2.05) is 0 Å². The van der Waals surface area contributed by atoms with Crippen LogP contribution in [0.15, 0.2) is 18.2 Å². The lowest BCUT2D eigenvalue weighted by atomic mass is 10.2. The molecule has 1 aromatic rings. The fourth-order valence-electron chi connectivity index (χ4n) is 0.823. The Hall–Kier alpha value is -1.77.